The van der Waals surface area contributed by atoms with E-state index in [0.717, 1.165) is 28.6 Å². The van der Waals surface area contributed by atoms with E-state index in [2.05, 4.69) is 4.98 Å². The molecule has 2 aromatic carbocycles. The minimum Gasteiger partial charge on any atom is -0.488 e. The van der Waals surface area contributed by atoms with Gasteiger partial charge < -0.3 is 23.9 Å². The number of benzene rings is 2. The predicted octanol–water partition coefficient (Wildman–Crippen LogP) is 5.07. The Kier molecular flexibility index (Phi) is 6.19. The number of H-pyrrole nitrogens is 1. The van der Waals surface area contributed by atoms with Crippen molar-refractivity contribution in [3.8, 4) is 5.75 Å². The Morgan fingerprint density at radius 3 is 2.67 bits per heavy atom. The molecule has 0 aliphatic carbocycles. The van der Waals surface area contributed by atoms with E-state index in [1.54, 1.807) is 4.90 Å². The highest BCUT2D eigenvalue weighted by Gasteiger charge is 2.35. The second-order valence-corrected chi connectivity index (χ2v) is 8.97. The van der Waals surface area contributed by atoms with Crippen molar-refractivity contribution in [2.24, 2.45) is 0 Å². The number of aromatic amines is 1. The summed E-state index contributed by atoms with van der Waals surface area (Å²) >= 11 is 6.27. The number of carbonyl (C=O) groups excluding carboxylic acids is 1. The molecule has 1 unspecified atom stereocenters. The molecule has 7 nitrogen and oxygen atoms in total. The molecule has 0 saturated carbocycles. The lowest BCUT2D eigenvalue weighted by Gasteiger charge is -2.36. The van der Waals surface area contributed by atoms with Crippen LogP contribution in [0.2, 0.25) is 5.02 Å². The van der Waals surface area contributed by atoms with E-state index in [1.807, 2.05) is 56.3 Å². The van der Waals surface area contributed by atoms with Gasteiger partial charge in [-0.3, -0.25) is 4.90 Å². The number of amides is 1. The monoisotopic (exact) mass is 470 g/mol. The van der Waals surface area contributed by atoms with Crippen LogP contribution in [-0.2, 0) is 20.6 Å². The SMILES string of the molecule is CC(C)OC(=O)N1CCc2c([nH]c3ccc(Cl)cc23)C1c1ccc(OCC2OCCO2)cc1. The second kappa shape index (κ2) is 9.25. The standard InChI is InChI=1S/C25H27ClN2O5/c1-15(2)33-25(29)28-10-9-19-20-13-17(26)5-8-21(20)27-23(19)24(28)16-3-6-18(7-4-16)32-14-22-30-11-12-31-22/h3-8,13,15,22,24,27H,9-12,14H2,1-2H3. The molecule has 2 aliphatic rings. The first-order valence-electron chi connectivity index (χ1n) is 11.2. The van der Waals surface area contributed by atoms with Crippen LogP contribution in [0.4, 0.5) is 4.79 Å². The molecule has 8 heteroatoms. The number of nitrogens with zero attached hydrogens (tertiary/aromatic N) is 1. The van der Waals surface area contributed by atoms with Gasteiger partial charge in [0.15, 0.2) is 6.29 Å². The van der Waals surface area contributed by atoms with E-state index < -0.39 is 0 Å². The van der Waals surface area contributed by atoms with Crippen LogP contribution in [0.1, 0.15) is 36.7 Å². The number of rotatable bonds is 5. The van der Waals surface area contributed by atoms with Gasteiger partial charge in [-0.05, 0) is 61.7 Å². The van der Waals surface area contributed by atoms with Gasteiger partial charge in [0.25, 0.3) is 0 Å². The van der Waals surface area contributed by atoms with E-state index in [0.29, 0.717) is 37.1 Å². The highest BCUT2D eigenvalue weighted by molar-refractivity contribution is 6.31. The zero-order valence-corrected chi connectivity index (χ0v) is 19.4. The number of halogens is 1. The Balaban J connectivity index is 1.47. The van der Waals surface area contributed by atoms with Crippen LogP contribution in [0.15, 0.2) is 42.5 Å². The Labute approximate surface area is 197 Å². The summed E-state index contributed by atoms with van der Waals surface area (Å²) in [5, 5.41) is 1.79. The van der Waals surface area contributed by atoms with Gasteiger partial charge in [-0.25, -0.2) is 4.79 Å². The number of carbonyl (C=O) groups is 1. The lowest BCUT2D eigenvalue weighted by molar-refractivity contribution is -0.0684. The van der Waals surface area contributed by atoms with Crippen molar-refractivity contribution in [2.45, 2.75) is 38.7 Å². The maximum Gasteiger partial charge on any atom is 0.410 e. The summed E-state index contributed by atoms with van der Waals surface area (Å²) < 4.78 is 22.2. The maximum atomic E-state index is 13.0. The van der Waals surface area contributed by atoms with Crippen molar-refractivity contribution in [1.82, 2.24) is 9.88 Å². The van der Waals surface area contributed by atoms with Gasteiger partial charge in [0, 0.05) is 28.2 Å². The van der Waals surface area contributed by atoms with E-state index in [-0.39, 0.29) is 24.5 Å². The fourth-order valence-electron chi connectivity index (χ4n) is 4.49. The van der Waals surface area contributed by atoms with Crippen molar-refractivity contribution in [3.05, 3.63) is 64.3 Å². The van der Waals surface area contributed by atoms with Crippen molar-refractivity contribution >= 4 is 28.6 Å². The largest absolute Gasteiger partial charge is 0.488 e. The van der Waals surface area contributed by atoms with Crippen LogP contribution in [0.25, 0.3) is 10.9 Å². The number of nitrogens with one attached hydrogen (secondary N) is 1. The molecule has 0 spiro atoms. The van der Waals surface area contributed by atoms with Gasteiger partial charge >= 0.3 is 6.09 Å². The van der Waals surface area contributed by atoms with E-state index in [1.165, 1.54) is 5.56 Å². The fourth-order valence-corrected chi connectivity index (χ4v) is 4.66. The van der Waals surface area contributed by atoms with Gasteiger partial charge in [0.2, 0.25) is 0 Å². The highest BCUT2D eigenvalue weighted by atomic mass is 35.5. The number of hydrogen-bond donors (Lipinski definition) is 1. The molecular weight excluding hydrogens is 444 g/mol. The molecule has 3 aromatic rings. The summed E-state index contributed by atoms with van der Waals surface area (Å²) in [7, 11) is 0. The molecule has 0 bridgehead atoms. The summed E-state index contributed by atoms with van der Waals surface area (Å²) in [6, 6.07) is 13.3. The Hall–Kier alpha value is -2.74. The van der Waals surface area contributed by atoms with Crippen LogP contribution in [0.3, 0.4) is 0 Å². The Morgan fingerprint density at radius 2 is 1.94 bits per heavy atom. The van der Waals surface area contributed by atoms with Gasteiger partial charge in [-0.2, -0.15) is 0 Å². The molecule has 0 radical (unpaired) electrons. The van der Waals surface area contributed by atoms with Gasteiger partial charge in [-0.1, -0.05) is 23.7 Å². The molecule has 174 valence electrons. The van der Waals surface area contributed by atoms with E-state index in [9.17, 15) is 4.79 Å². The van der Waals surface area contributed by atoms with Crippen molar-refractivity contribution in [3.63, 3.8) is 0 Å². The van der Waals surface area contributed by atoms with E-state index >= 15 is 0 Å². The minimum absolute atomic E-state index is 0.197. The molecular formula is C25H27ClN2O5. The topological polar surface area (TPSA) is 73.0 Å². The average Bonchev–Trinajstić information content (AvgIpc) is 3.44. The molecule has 3 heterocycles. The third-order valence-corrected chi connectivity index (χ3v) is 6.17. The Bertz CT molecular complexity index is 1140. The molecule has 33 heavy (non-hydrogen) atoms. The average molecular weight is 471 g/mol. The quantitative estimate of drug-likeness (QED) is 0.564. The van der Waals surface area contributed by atoms with Crippen LogP contribution >= 0.6 is 11.6 Å². The Morgan fingerprint density at radius 1 is 1.18 bits per heavy atom. The minimum atomic E-state index is -0.329. The molecule has 1 fully saturated rings. The van der Waals surface area contributed by atoms with Gasteiger partial charge in [0.05, 0.1) is 19.3 Å². The third kappa shape index (κ3) is 4.53. The first kappa shape index (κ1) is 22.1. The normalized spacial score (nSPS) is 18.7. The number of fused-ring (bicyclic) bond motifs is 3. The molecule has 5 rings (SSSR count). The van der Waals surface area contributed by atoms with Gasteiger partial charge in [-0.15, -0.1) is 0 Å². The van der Waals surface area contributed by atoms with Crippen molar-refractivity contribution in [2.75, 3.05) is 26.4 Å². The van der Waals surface area contributed by atoms with Crippen LogP contribution in [-0.4, -0.2) is 54.7 Å². The lowest BCUT2D eigenvalue weighted by Crippen LogP contribution is -2.41. The summed E-state index contributed by atoms with van der Waals surface area (Å²) in [4.78, 5) is 18.3. The van der Waals surface area contributed by atoms with Crippen LogP contribution in [0.5, 0.6) is 5.75 Å². The van der Waals surface area contributed by atoms with Crippen molar-refractivity contribution < 1.29 is 23.7 Å². The number of aromatic nitrogens is 1. The van der Waals surface area contributed by atoms with Crippen molar-refractivity contribution in [1.29, 1.82) is 0 Å². The van der Waals surface area contributed by atoms with Gasteiger partial charge in [0.1, 0.15) is 18.4 Å². The molecule has 1 saturated heterocycles. The molecule has 2 aliphatic heterocycles. The van der Waals surface area contributed by atoms with E-state index in [4.69, 9.17) is 30.5 Å². The predicted molar refractivity (Wildman–Crippen MR) is 125 cm³/mol. The number of hydrogen-bond acceptors (Lipinski definition) is 5. The summed E-state index contributed by atoms with van der Waals surface area (Å²) in [6.45, 7) is 5.79. The molecule has 1 amide bonds. The van der Waals surface area contributed by atoms with Crippen LogP contribution < -0.4 is 4.74 Å². The summed E-state index contributed by atoms with van der Waals surface area (Å²) in [5.41, 5.74) is 4.14. The lowest BCUT2D eigenvalue weighted by atomic mass is 9.92. The van der Waals surface area contributed by atoms with Crippen LogP contribution in [0, 0.1) is 0 Å². The zero-order chi connectivity index (χ0) is 22.9. The first-order valence-corrected chi connectivity index (χ1v) is 11.6. The zero-order valence-electron chi connectivity index (χ0n) is 18.7. The first-order chi connectivity index (χ1) is 16.0. The molecule has 1 aromatic heterocycles. The second-order valence-electron chi connectivity index (χ2n) is 8.54. The highest BCUT2D eigenvalue weighted by Crippen LogP contribution is 2.39. The molecule has 1 N–H and O–H groups in total. The fraction of sp³-hybridized carbons (Fsp3) is 0.400. The smallest absolute Gasteiger partial charge is 0.410 e. The summed E-state index contributed by atoms with van der Waals surface area (Å²) in [6.07, 6.45) is -0.128. The third-order valence-electron chi connectivity index (χ3n) is 5.93. The number of ether oxygens (including phenoxy) is 4. The molecule has 1 atom stereocenters. The maximum absolute atomic E-state index is 13.0. The summed E-state index contributed by atoms with van der Waals surface area (Å²) in [5.74, 6) is 0.716.